The van der Waals surface area contributed by atoms with Gasteiger partial charge in [0.1, 0.15) is 23.9 Å². The second kappa shape index (κ2) is 8.29. The lowest BCUT2D eigenvalue weighted by atomic mass is 10.0. The SMILES string of the molecule is O=C1c2cc(-c3ccc(OC(F)(F)F)cc3)ccc2OCCN1Cc1ccc(F)cc1. The molecule has 0 unspecified atom stereocenters. The summed E-state index contributed by atoms with van der Waals surface area (Å²) in [6.07, 6.45) is -4.76. The van der Waals surface area contributed by atoms with Gasteiger partial charge in [-0.3, -0.25) is 4.79 Å². The molecule has 1 heterocycles. The molecule has 1 amide bonds. The van der Waals surface area contributed by atoms with Crippen molar-refractivity contribution >= 4 is 5.91 Å². The fourth-order valence-corrected chi connectivity index (χ4v) is 3.35. The van der Waals surface area contributed by atoms with Crippen molar-refractivity contribution in [1.29, 1.82) is 0 Å². The highest BCUT2D eigenvalue weighted by atomic mass is 19.4. The van der Waals surface area contributed by atoms with Crippen LogP contribution in [0.5, 0.6) is 11.5 Å². The van der Waals surface area contributed by atoms with Crippen LogP contribution in [0.25, 0.3) is 11.1 Å². The highest BCUT2D eigenvalue weighted by Crippen LogP contribution is 2.31. The average Bonchev–Trinajstić information content (AvgIpc) is 2.88. The van der Waals surface area contributed by atoms with Crippen LogP contribution < -0.4 is 9.47 Å². The standard InChI is InChI=1S/C23H17F4NO3/c24-18-6-1-15(2-7-18)14-28-11-12-30-21-10-5-17(13-20(21)22(28)29)16-3-8-19(9-4-16)31-23(25,26)27/h1-10,13H,11-12,14H2. The second-order valence-electron chi connectivity index (χ2n) is 6.98. The Morgan fingerprint density at radius 3 is 2.29 bits per heavy atom. The quantitative estimate of drug-likeness (QED) is 0.518. The van der Waals surface area contributed by atoms with E-state index in [1.807, 2.05) is 0 Å². The average molecular weight is 431 g/mol. The Morgan fingerprint density at radius 1 is 0.935 bits per heavy atom. The van der Waals surface area contributed by atoms with Crippen molar-refractivity contribution in [2.24, 2.45) is 0 Å². The van der Waals surface area contributed by atoms with Gasteiger partial charge < -0.3 is 14.4 Å². The summed E-state index contributed by atoms with van der Waals surface area (Å²) in [4.78, 5) is 14.7. The summed E-state index contributed by atoms with van der Waals surface area (Å²) in [6, 6.07) is 16.4. The van der Waals surface area contributed by atoms with Crippen LogP contribution in [0.15, 0.2) is 66.7 Å². The maximum Gasteiger partial charge on any atom is 0.573 e. The van der Waals surface area contributed by atoms with E-state index < -0.39 is 6.36 Å². The number of carbonyl (C=O) groups excluding carboxylic acids is 1. The summed E-state index contributed by atoms with van der Waals surface area (Å²) in [5, 5.41) is 0. The van der Waals surface area contributed by atoms with Crippen molar-refractivity contribution in [2.45, 2.75) is 12.9 Å². The maximum atomic E-state index is 13.2. The lowest BCUT2D eigenvalue weighted by molar-refractivity contribution is -0.274. The molecule has 0 spiro atoms. The monoisotopic (exact) mass is 431 g/mol. The van der Waals surface area contributed by atoms with Gasteiger partial charge in [-0.05, 0) is 53.1 Å². The predicted molar refractivity (Wildman–Crippen MR) is 105 cm³/mol. The summed E-state index contributed by atoms with van der Waals surface area (Å²) in [5.74, 6) is -0.477. The van der Waals surface area contributed by atoms with Crippen molar-refractivity contribution in [3.63, 3.8) is 0 Å². The zero-order chi connectivity index (χ0) is 22.0. The Balaban J connectivity index is 1.58. The number of halogens is 4. The van der Waals surface area contributed by atoms with Crippen molar-refractivity contribution in [2.75, 3.05) is 13.2 Å². The largest absolute Gasteiger partial charge is 0.573 e. The fraction of sp³-hybridized carbons (Fsp3) is 0.174. The molecule has 0 aromatic heterocycles. The van der Waals surface area contributed by atoms with Gasteiger partial charge in [0.05, 0.1) is 12.1 Å². The number of ether oxygens (including phenoxy) is 2. The van der Waals surface area contributed by atoms with Crippen LogP contribution in [-0.2, 0) is 6.54 Å². The van der Waals surface area contributed by atoms with E-state index in [1.165, 1.54) is 36.4 Å². The Kier molecular flexibility index (Phi) is 5.54. The predicted octanol–water partition coefficient (Wildman–Crippen LogP) is 5.43. The molecule has 1 aliphatic heterocycles. The van der Waals surface area contributed by atoms with E-state index >= 15 is 0 Å². The minimum absolute atomic E-state index is 0.240. The Morgan fingerprint density at radius 2 is 1.61 bits per heavy atom. The molecule has 1 aliphatic rings. The number of hydrogen-bond donors (Lipinski definition) is 0. The minimum atomic E-state index is -4.76. The highest BCUT2D eigenvalue weighted by Gasteiger charge is 2.31. The molecule has 4 nitrogen and oxygen atoms in total. The third kappa shape index (κ3) is 4.96. The molecule has 0 saturated heterocycles. The first-order chi connectivity index (χ1) is 14.8. The van der Waals surface area contributed by atoms with Gasteiger partial charge in [0, 0.05) is 6.54 Å². The van der Waals surface area contributed by atoms with E-state index in [4.69, 9.17) is 4.74 Å². The molecule has 0 atom stereocenters. The smallest absolute Gasteiger partial charge is 0.491 e. The van der Waals surface area contributed by atoms with E-state index in [9.17, 15) is 22.4 Å². The molecular weight excluding hydrogens is 414 g/mol. The summed E-state index contributed by atoms with van der Waals surface area (Å²) in [7, 11) is 0. The minimum Gasteiger partial charge on any atom is -0.491 e. The molecule has 0 aliphatic carbocycles. The molecule has 0 N–H and O–H groups in total. The van der Waals surface area contributed by atoms with Crippen LogP contribution in [-0.4, -0.2) is 30.3 Å². The first-order valence-corrected chi connectivity index (χ1v) is 9.45. The third-order valence-corrected chi connectivity index (χ3v) is 4.82. The maximum absolute atomic E-state index is 13.2. The van der Waals surface area contributed by atoms with Crippen molar-refractivity contribution < 1.29 is 31.8 Å². The van der Waals surface area contributed by atoms with Gasteiger partial charge >= 0.3 is 6.36 Å². The molecule has 4 rings (SSSR count). The van der Waals surface area contributed by atoms with Gasteiger partial charge in [0.2, 0.25) is 0 Å². The Labute approximate surface area is 175 Å². The van der Waals surface area contributed by atoms with E-state index in [0.717, 1.165) is 5.56 Å². The summed E-state index contributed by atoms with van der Waals surface area (Å²) in [6.45, 7) is 0.974. The molecule has 160 valence electrons. The van der Waals surface area contributed by atoms with E-state index in [1.54, 1.807) is 35.2 Å². The van der Waals surface area contributed by atoms with Gasteiger partial charge in [0.25, 0.3) is 5.91 Å². The van der Waals surface area contributed by atoms with E-state index in [2.05, 4.69) is 4.74 Å². The fourth-order valence-electron chi connectivity index (χ4n) is 3.35. The zero-order valence-corrected chi connectivity index (χ0v) is 16.2. The van der Waals surface area contributed by atoms with Crippen molar-refractivity contribution in [3.8, 4) is 22.6 Å². The second-order valence-corrected chi connectivity index (χ2v) is 6.98. The van der Waals surface area contributed by atoms with Gasteiger partial charge in [-0.15, -0.1) is 13.2 Å². The Hall–Kier alpha value is -3.55. The first-order valence-electron chi connectivity index (χ1n) is 9.45. The van der Waals surface area contributed by atoms with E-state index in [-0.39, 0.29) is 17.5 Å². The van der Waals surface area contributed by atoms with Crippen LogP contribution in [0.4, 0.5) is 17.6 Å². The molecule has 3 aromatic rings. The number of carbonyl (C=O) groups is 1. The van der Waals surface area contributed by atoms with Gasteiger partial charge in [-0.1, -0.05) is 30.3 Å². The molecule has 3 aromatic carbocycles. The van der Waals surface area contributed by atoms with Crippen LogP contribution in [0.3, 0.4) is 0 Å². The number of nitrogens with zero attached hydrogens (tertiary/aromatic N) is 1. The van der Waals surface area contributed by atoms with E-state index in [0.29, 0.717) is 42.1 Å². The first kappa shape index (κ1) is 20.7. The van der Waals surface area contributed by atoms with Crippen molar-refractivity contribution in [1.82, 2.24) is 4.90 Å². The number of hydrogen-bond acceptors (Lipinski definition) is 3. The van der Waals surface area contributed by atoms with Crippen LogP contribution in [0.2, 0.25) is 0 Å². The number of rotatable bonds is 4. The normalized spacial score (nSPS) is 13.9. The molecule has 8 heteroatoms. The Bertz CT molecular complexity index is 1080. The molecule has 0 radical (unpaired) electrons. The number of amides is 1. The topological polar surface area (TPSA) is 38.8 Å². The van der Waals surface area contributed by atoms with Crippen molar-refractivity contribution in [3.05, 3.63) is 83.7 Å². The lowest BCUT2D eigenvalue weighted by Gasteiger charge is -2.20. The zero-order valence-electron chi connectivity index (χ0n) is 16.2. The van der Waals surface area contributed by atoms with Gasteiger partial charge in [-0.25, -0.2) is 4.39 Å². The molecule has 0 saturated carbocycles. The molecular formula is C23H17F4NO3. The number of alkyl halides is 3. The molecule has 0 fully saturated rings. The summed E-state index contributed by atoms with van der Waals surface area (Å²) < 4.78 is 59.8. The van der Waals surface area contributed by atoms with Gasteiger partial charge in [0.15, 0.2) is 0 Å². The summed E-state index contributed by atoms with van der Waals surface area (Å²) in [5.41, 5.74) is 2.42. The van der Waals surface area contributed by atoms with Crippen LogP contribution >= 0.6 is 0 Å². The lowest BCUT2D eigenvalue weighted by Crippen LogP contribution is -2.31. The van der Waals surface area contributed by atoms with Crippen LogP contribution in [0, 0.1) is 5.82 Å². The molecule has 31 heavy (non-hydrogen) atoms. The summed E-state index contributed by atoms with van der Waals surface area (Å²) >= 11 is 0. The molecule has 0 bridgehead atoms. The van der Waals surface area contributed by atoms with Crippen LogP contribution in [0.1, 0.15) is 15.9 Å². The third-order valence-electron chi connectivity index (χ3n) is 4.82. The number of fused-ring (bicyclic) bond motifs is 1. The van der Waals surface area contributed by atoms with Gasteiger partial charge in [-0.2, -0.15) is 0 Å². The highest BCUT2D eigenvalue weighted by molar-refractivity contribution is 5.98. The number of benzene rings is 3.